The van der Waals surface area contributed by atoms with E-state index in [1.807, 2.05) is 18.2 Å². The molecule has 10 nitrogen and oxygen atoms in total. The van der Waals surface area contributed by atoms with E-state index in [2.05, 4.69) is 25.4 Å². The Labute approximate surface area is 207 Å². The van der Waals surface area contributed by atoms with E-state index in [1.165, 1.54) is 17.0 Å². The number of halogens is 1. The zero-order valence-corrected chi connectivity index (χ0v) is 19.9. The fourth-order valence-corrected chi connectivity index (χ4v) is 4.29. The van der Waals surface area contributed by atoms with E-state index in [1.54, 1.807) is 19.2 Å². The molecule has 3 aromatic rings. The lowest BCUT2D eigenvalue weighted by atomic mass is 10.1. The normalized spacial score (nSPS) is 18.2. The number of likely N-dealkylation sites (N-methyl/N-ethyl adjacent to an activating group) is 1. The van der Waals surface area contributed by atoms with Crippen molar-refractivity contribution in [1.82, 2.24) is 20.5 Å². The molecule has 2 aliphatic heterocycles. The number of nitrogens with one attached hydrogen (secondary N) is 2. The summed E-state index contributed by atoms with van der Waals surface area (Å²) in [7, 11) is 1.66. The monoisotopic (exact) mass is 494 g/mol. The lowest BCUT2D eigenvalue weighted by molar-refractivity contribution is -0.120. The second-order valence-electron chi connectivity index (χ2n) is 8.75. The van der Waals surface area contributed by atoms with E-state index in [4.69, 9.17) is 9.47 Å². The van der Waals surface area contributed by atoms with E-state index in [0.29, 0.717) is 30.3 Å². The number of hydrogen-bond donors (Lipinski definition) is 2. The molecule has 0 radical (unpaired) electrons. The Morgan fingerprint density at radius 2 is 2.03 bits per heavy atom. The van der Waals surface area contributed by atoms with Gasteiger partial charge in [-0.1, -0.05) is 12.1 Å². The molecule has 2 aliphatic rings. The summed E-state index contributed by atoms with van der Waals surface area (Å²) in [6, 6.07) is 10.8. The van der Waals surface area contributed by atoms with Crippen molar-refractivity contribution in [3.63, 3.8) is 0 Å². The van der Waals surface area contributed by atoms with Gasteiger partial charge in [0.2, 0.25) is 5.82 Å². The SMILES string of the molecule is CN1C(=O)C(NC(=O)c2n[nH]c(Cc3ccc(F)cc3)n2)COc2ccc(N3CCCOCC3)cc21. The Hall–Kier alpha value is -3.99. The number of rotatable bonds is 5. The van der Waals surface area contributed by atoms with Gasteiger partial charge in [0.1, 0.15) is 30.0 Å². The van der Waals surface area contributed by atoms with Crippen molar-refractivity contribution in [1.29, 1.82) is 0 Å². The standard InChI is InChI=1S/C25H27FN6O4/c1-31-20-14-18(32-9-2-11-35-12-10-32)7-8-21(20)36-15-19(25(31)34)27-24(33)23-28-22(29-30-23)13-16-3-5-17(26)6-4-16/h3-8,14,19H,2,9-13,15H2,1H3,(H,27,33)(H,28,29,30). The molecule has 0 spiro atoms. The largest absolute Gasteiger partial charge is 0.489 e. The van der Waals surface area contributed by atoms with Crippen molar-refractivity contribution >= 4 is 23.2 Å². The highest BCUT2D eigenvalue weighted by molar-refractivity contribution is 6.02. The van der Waals surface area contributed by atoms with Gasteiger partial charge in [-0.15, -0.1) is 5.10 Å². The van der Waals surface area contributed by atoms with Gasteiger partial charge in [0.25, 0.3) is 11.8 Å². The van der Waals surface area contributed by atoms with E-state index >= 15 is 0 Å². The Balaban J connectivity index is 1.26. The maximum Gasteiger partial charge on any atom is 0.291 e. The molecule has 1 saturated heterocycles. The van der Waals surface area contributed by atoms with Crippen LogP contribution in [0.3, 0.4) is 0 Å². The van der Waals surface area contributed by atoms with Crippen molar-refractivity contribution in [2.24, 2.45) is 0 Å². The molecular weight excluding hydrogens is 467 g/mol. The van der Waals surface area contributed by atoms with Gasteiger partial charge in [0, 0.05) is 38.9 Å². The minimum Gasteiger partial charge on any atom is -0.489 e. The number of H-pyrrole nitrogens is 1. The molecule has 0 saturated carbocycles. The highest BCUT2D eigenvalue weighted by Gasteiger charge is 2.32. The van der Waals surface area contributed by atoms with Crippen molar-refractivity contribution in [3.8, 4) is 5.75 Å². The predicted molar refractivity (Wildman–Crippen MR) is 130 cm³/mol. The first-order valence-electron chi connectivity index (χ1n) is 11.8. The molecule has 2 N–H and O–H groups in total. The van der Waals surface area contributed by atoms with Crippen LogP contribution in [0.2, 0.25) is 0 Å². The van der Waals surface area contributed by atoms with Crippen LogP contribution in [0.25, 0.3) is 0 Å². The Kier molecular flexibility index (Phi) is 6.81. The van der Waals surface area contributed by atoms with Crippen LogP contribution in [-0.4, -0.2) is 73.0 Å². The molecule has 2 amide bonds. The molecule has 36 heavy (non-hydrogen) atoms. The van der Waals surface area contributed by atoms with Gasteiger partial charge >= 0.3 is 0 Å². The van der Waals surface area contributed by atoms with Gasteiger partial charge in [-0.2, -0.15) is 0 Å². The highest BCUT2D eigenvalue weighted by Crippen LogP contribution is 2.34. The third-order valence-corrected chi connectivity index (χ3v) is 6.25. The zero-order valence-electron chi connectivity index (χ0n) is 19.9. The van der Waals surface area contributed by atoms with Crippen molar-refractivity contribution in [3.05, 3.63) is 65.5 Å². The first-order chi connectivity index (χ1) is 17.5. The van der Waals surface area contributed by atoms with Gasteiger partial charge in [0.05, 0.1) is 12.3 Å². The third kappa shape index (κ3) is 5.15. The average Bonchev–Trinajstić information content (AvgIpc) is 3.13. The maximum absolute atomic E-state index is 13.2. The summed E-state index contributed by atoms with van der Waals surface area (Å²) >= 11 is 0. The zero-order chi connectivity index (χ0) is 25.1. The van der Waals surface area contributed by atoms with Crippen LogP contribution >= 0.6 is 0 Å². The predicted octanol–water partition coefficient (Wildman–Crippen LogP) is 1.92. The smallest absolute Gasteiger partial charge is 0.291 e. The lowest BCUT2D eigenvalue weighted by Gasteiger charge is -2.25. The number of nitrogens with zero attached hydrogens (tertiary/aromatic N) is 4. The summed E-state index contributed by atoms with van der Waals surface area (Å²) in [5.41, 5.74) is 2.44. The number of amides is 2. The first-order valence-corrected chi connectivity index (χ1v) is 11.8. The number of carbonyl (C=O) groups is 2. The second-order valence-corrected chi connectivity index (χ2v) is 8.75. The third-order valence-electron chi connectivity index (χ3n) is 6.25. The van der Waals surface area contributed by atoms with Crippen molar-refractivity contribution in [2.75, 3.05) is 49.8 Å². The van der Waals surface area contributed by atoms with Gasteiger partial charge in [-0.25, -0.2) is 9.37 Å². The summed E-state index contributed by atoms with van der Waals surface area (Å²) in [6.45, 7) is 3.02. The topological polar surface area (TPSA) is 113 Å². The number of anilines is 2. The fraction of sp³-hybridized carbons (Fsp3) is 0.360. The van der Waals surface area contributed by atoms with Crippen LogP contribution in [0.1, 0.15) is 28.4 Å². The average molecular weight is 495 g/mol. The number of aromatic nitrogens is 3. The summed E-state index contributed by atoms with van der Waals surface area (Å²) in [4.78, 5) is 34.0. The molecule has 0 aliphatic carbocycles. The van der Waals surface area contributed by atoms with Gasteiger partial charge < -0.3 is 24.6 Å². The summed E-state index contributed by atoms with van der Waals surface area (Å²) in [5.74, 6) is -0.298. The number of hydrogen-bond acceptors (Lipinski definition) is 7. The van der Waals surface area contributed by atoms with Crippen molar-refractivity contribution in [2.45, 2.75) is 18.9 Å². The van der Waals surface area contributed by atoms with Crippen LogP contribution in [0, 0.1) is 5.82 Å². The summed E-state index contributed by atoms with van der Waals surface area (Å²) in [6.07, 6.45) is 1.29. The molecule has 1 unspecified atom stereocenters. The van der Waals surface area contributed by atoms with E-state index in [9.17, 15) is 14.0 Å². The number of aromatic amines is 1. The molecule has 1 aromatic heterocycles. The Morgan fingerprint density at radius 3 is 2.86 bits per heavy atom. The van der Waals surface area contributed by atoms with Crippen LogP contribution in [0.5, 0.6) is 5.75 Å². The molecule has 3 heterocycles. The van der Waals surface area contributed by atoms with E-state index in [0.717, 1.165) is 37.4 Å². The van der Waals surface area contributed by atoms with Gasteiger partial charge in [-0.3, -0.25) is 14.7 Å². The lowest BCUT2D eigenvalue weighted by Crippen LogP contribution is -2.49. The van der Waals surface area contributed by atoms with Gasteiger partial charge in [0.15, 0.2) is 0 Å². The Bertz CT molecular complexity index is 1240. The molecule has 11 heteroatoms. The summed E-state index contributed by atoms with van der Waals surface area (Å²) in [5, 5.41) is 9.37. The Morgan fingerprint density at radius 1 is 1.19 bits per heavy atom. The minimum atomic E-state index is -0.913. The number of fused-ring (bicyclic) bond motifs is 1. The first kappa shape index (κ1) is 23.7. The number of benzene rings is 2. The molecular formula is C25H27FN6O4. The number of carbonyl (C=O) groups excluding carboxylic acids is 2. The molecule has 188 valence electrons. The minimum absolute atomic E-state index is 0.0221. The fourth-order valence-electron chi connectivity index (χ4n) is 4.29. The molecule has 2 aromatic carbocycles. The van der Waals surface area contributed by atoms with Crippen LogP contribution in [-0.2, 0) is 16.0 Å². The number of ether oxygens (including phenoxy) is 2. The van der Waals surface area contributed by atoms with Gasteiger partial charge in [-0.05, 0) is 42.3 Å². The molecule has 1 fully saturated rings. The molecule has 5 rings (SSSR count). The van der Waals surface area contributed by atoms with Crippen LogP contribution < -0.4 is 19.9 Å². The van der Waals surface area contributed by atoms with Crippen LogP contribution in [0.4, 0.5) is 15.8 Å². The van der Waals surface area contributed by atoms with E-state index < -0.39 is 11.9 Å². The second kappa shape index (κ2) is 10.3. The summed E-state index contributed by atoms with van der Waals surface area (Å²) < 4.78 is 24.6. The maximum atomic E-state index is 13.2. The highest BCUT2D eigenvalue weighted by atomic mass is 19.1. The van der Waals surface area contributed by atoms with E-state index in [-0.39, 0.29) is 24.2 Å². The van der Waals surface area contributed by atoms with Crippen molar-refractivity contribution < 1.29 is 23.5 Å². The molecule has 0 bridgehead atoms. The quantitative estimate of drug-likeness (QED) is 0.557. The molecule has 1 atom stereocenters. The van der Waals surface area contributed by atoms with Crippen LogP contribution in [0.15, 0.2) is 42.5 Å².